The molecule has 0 amide bonds. The summed E-state index contributed by atoms with van der Waals surface area (Å²) in [5.41, 5.74) is 4.60. The first-order valence-corrected chi connectivity index (χ1v) is 7.85. The number of thioether (sulfide) groups is 1. The van der Waals surface area contributed by atoms with Crippen LogP contribution in [0.25, 0.3) is 11.0 Å². The van der Waals surface area contributed by atoms with Gasteiger partial charge in [-0.15, -0.1) is 0 Å². The number of fused-ring (bicyclic) bond motifs is 1. The van der Waals surface area contributed by atoms with Gasteiger partial charge in [-0.2, -0.15) is 11.8 Å². The number of aromatic amines is 1. The van der Waals surface area contributed by atoms with Crippen LogP contribution < -0.4 is 5.56 Å². The molecule has 0 saturated heterocycles. The van der Waals surface area contributed by atoms with Gasteiger partial charge in [0.2, 0.25) is 0 Å². The Labute approximate surface area is 123 Å². The molecule has 2 rings (SSSR count). The maximum atomic E-state index is 12.0. The predicted molar refractivity (Wildman–Crippen MR) is 86.6 cm³/mol. The summed E-state index contributed by atoms with van der Waals surface area (Å²) in [6, 6.07) is 4.02. The van der Waals surface area contributed by atoms with Gasteiger partial charge < -0.3 is 9.88 Å². The van der Waals surface area contributed by atoms with Gasteiger partial charge >= 0.3 is 0 Å². The summed E-state index contributed by atoms with van der Waals surface area (Å²) >= 11 is 1.74. The van der Waals surface area contributed by atoms with E-state index in [9.17, 15) is 4.79 Å². The van der Waals surface area contributed by atoms with E-state index in [1.165, 1.54) is 11.1 Å². The molecule has 1 aromatic carbocycles. The van der Waals surface area contributed by atoms with Crippen LogP contribution in [0.1, 0.15) is 16.8 Å². The lowest BCUT2D eigenvalue weighted by Gasteiger charge is -2.09. The van der Waals surface area contributed by atoms with E-state index >= 15 is 0 Å². The Morgan fingerprint density at radius 2 is 1.95 bits per heavy atom. The zero-order chi connectivity index (χ0) is 14.7. The van der Waals surface area contributed by atoms with Gasteiger partial charge in [0.1, 0.15) is 5.69 Å². The van der Waals surface area contributed by atoms with E-state index < -0.39 is 0 Å². The third kappa shape index (κ3) is 3.61. The molecule has 0 bridgehead atoms. The van der Waals surface area contributed by atoms with E-state index in [0.717, 1.165) is 23.3 Å². The number of aryl methyl sites for hydroxylation is 2. The second-order valence-corrected chi connectivity index (χ2v) is 6.43. The molecule has 1 N–H and O–H groups in total. The lowest BCUT2D eigenvalue weighted by atomic mass is 10.1. The fourth-order valence-corrected chi connectivity index (χ4v) is 2.93. The zero-order valence-corrected chi connectivity index (χ0v) is 13.3. The molecule has 1 heterocycles. The SMILES string of the molecule is Cc1cc2nc(CSCCN(C)C)c(=O)[nH]c2cc1C. The van der Waals surface area contributed by atoms with Crippen LogP contribution in [0.2, 0.25) is 0 Å². The van der Waals surface area contributed by atoms with Crippen LogP contribution in [-0.2, 0) is 5.75 Å². The summed E-state index contributed by atoms with van der Waals surface area (Å²) in [6.07, 6.45) is 0. The summed E-state index contributed by atoms with van der Waals surface area (Å²) in [6.45, 7) is 5.11. The normalized spacial score (nSPS) is 11.4. The van der Waals surface area contributed by atoms with E-state index in [1.54, 1.807) is 11.8 Å². The summed E-state index contributed by atoms with van der Waals surface area (Å²) < 4.78 is 0. The number of benzene rings is 1. The average Bonchev–Trinajstić information content (AvgIpc) is 2.37. The Morgan fingerprint density at radius 3 is 2.65 bits per heavy atom. The van der Waals surface area contributed by atoms with Crippen molar-refractivity contribution in [2.75, 3.05) is 26.4 Å². The number of nitrogens with zero attached hydrogens (tertiary/aromatic N) is 2. The summed E-state index contributed by atoms with van der Waals surface area (Å²) in [5.74, 6) is 1.66. The number of hydrogen-bond acceptors (Lipinski definition) is 4. The van der Waals surface area contributed by atoms with Crippen molar-refractivity contribution < 1.29 is 0 Å². The number of aromatic nitrogens is 2. The highest BCUT2D eigenvalue weighted by atomic mass is 32.2. The smallest absolute Gasteiger partial charge is 0.270 e. The van der Waals surface area contributed by atoms with Gasteiger partial charge in [-0.1, -0.05) is 0 Å². The Hall–Kier alpha value is -1.33. The maximum absolute atomic E-state index is 12.0. The van der Waals surface area contributed by atoms with Gasteiger partial charge in [-0.25, -0.2) is 4.98 Å². The molecule has 0 radical (unpaired) electrons. The van der Waals surface area contributed by atoms with Crippen molar-refractivity contribution in [2.45, 2.75) is 19.6 Å². The molecule has 20 heavy (non-hydrogen) atoms. The molecule has 5 heteroatoms. The standard InChI is InChI=1S/C15H21N3OS/c1-10-7-12-13(8-11(10)2)17-15(19)14(16-12)9-20-6-5-18(3)4/h7-8H,5-6,9H2,1-4H3,(H,17,19). The molecule has 0 spiro atoms. The van der Waals surface area contributed by atoms with Gasteiger partial charge in [0.25, 0.3) is 5.56 Å². The van der Waals surface area contributed by atoms with Crippen molar-refractivity contribution in [3.05, 3.63) is 39.3 Å². The zero-order valence-electron chi connectivity index (χ0n) is 12.5. The van der Waals surface area contributed by atoms with Crippen LogP contribution in [0, 0.1) is 13.8 Å². The van der Waals surface area contributed by atoms with Gasteiger partial charge in [-0.05, 0) is 51.2 Å². The molecular weight excluding hydrogens is 270 g/mol. The maximum Gasteiger partial charge on any atom is 0.270 e. The molecule has 0 saturated carbocycles. The lowest BCUT2D eigenvalue weighted by Crippen LogP contribution is -2.17. The van der Waals surface area contributed by atoms with Crippen LogP contribution in [0.3, 0.4) is 0 Å². The molecule has 0 fully saturated rings. The minimum absolute atomic E-state index is 0.0712. The van der Waals surface area contributed by atoms with Crippen molar-refractivity contribution in [3.63, 3.8) is 0 Å². The van der Waals surface area contributed by atoms with Crippen LogP contribution in [0.5, 0.6) is 0 Å². The molecule has 0 aliphatic carbocycles. The van der Waals surface area contributed by atoms with E-state index in [4.69, 9.17) is 0 Å². The second kappa shape index (κ2) is 6.41. The topological polar surface area (TPSA) is 49.0 Å². The molecule has 0 unspecified atom stereocenters. The first-order valence-electron chi connectivity index (χ1n) is 6.70. The van der Waals surface area contributed by atoms with Crippen LogP contribution >= 0.6 is 11.8 Å². The van der Waals surface area contributed by atoms with E-state index in [-0.39, 0.29) is 5.56 Å². The number of H-pyrrole nitrogens is 1. The minimum Gasteiger partial charge on any atom is -0.319 e. The molecule has 0 atom stereocenters. The highest BCUT2D eigenvalue weighted by Gasteiger charge is 2.06. The summed E-state index contributed by atoms with van der Waals surface area (Å²) in [4.78, 5) is 21.6. The second-order valence-electron chi connectivity index (χ2n) is 5.32. The Bertz CT molecular complexity index is 664. The van der Waals surface area contributed by atoms with Crippen LogP contribution in [0.4, 0.5) is 0 Å². The van der Waals surface area contributed by atoms with Crippen molar-refractivity contribution >= 4 is 22.8 Å². The highest BCUT2D eigenvalue weighted by Crippen LogP contribution is 2.16. The van der Waals surface area contributed by atoms with Gasteiger partial charge in [-0.3, -0.25) is 4.79 Å². The molecular formula is C15H21N3OS. The van der Waals surface area contributed by atoms with Crippen LogP contribution in [0.15, 0.2) is 16.9 Å². The third-order valence-corrected chi connectivity index (χ3v) is 4.25. The molecule has 4 nitrogen and oxygen atoms in total. The van der Waals surface area contributed by atoms with Crippen molar-refractivity contribution in [3.8, 4) is 0 Å². The summed E-state index contributed by atoms with van der Waals surface area (Å²) in [5, 5.41) is 0. The minimum atomic E-state index is -0.0712. The van der Waals surface area contributed by atoms with Crippen molar-refractivity contribution in [1.29, 1.82) is 0 Å². The Balaban J connectivity index is 2.20. The van der Waals surface area contributed by atoms with Crippen LogP contribution in [-0.4, -0.2) is 41.3 Å². The van der Waals surface area contributed by atoms with Crippen molar-refractivity contribution in [2.24, 2.45) is 0 Å². The number of nitrogens with one attached hydrogen (secondary N) is 1. The Kier molecular flexibility index (Phi) is 4.83. The lowest BCUT2D eigenvalue weighted by molar-refractivity contribution is 0.437. The van der Waals surface area contributed by atoms with Gasteiger partial charge in [0.05, 0.1) is 11.0 Å². The summed E-state index contributed by atoms with van der Waals surface area (Å²) in [7, 11) is 4.10. The average molecular weight is 291 g/mol. The molecule has 1 aromatic heterocycles. The molecule has 0 aliphatic heterocycles. The highest BCUT2D eigenvalue weighted by molar-refractivity contribution is 7.98. The molecule has 2 aromatic rings. The third-order valence-electron chi connectivity index (χ3n) is 3.30. The molecule has 0 aliphatic rings. The quantitative estimate of drug-likeness (QED) is 0.859. The number of hydrogen-bond donors (Lipinski definition) is 1. The first-order chi connectivity index (χ1) is 9.47. The number of rotatable bonds is 5. The van der Waals surface area contributed by atoms with Crippen molar-refractivity contribution in [1.82, 2.24) is 14.9 Å². The largest absolute Gasteiger partial charge is 0.319 e. The van der Waals surface area contributed by atoms with Gasteiger partial charge in [0.15, 0.2) is 0 Å². The fourth-order valence-electron chi connectivity index (χ4n) is 1.90. The van der Waals surface area contributed by atoms with E-state index in [0.29, 0.717) is 11.4 Å². The first kappa shape index (κ1) is 15.1. The van der Waals surface area contributed by atoms with E-state index in [2.05, 4.69) is 21.8 Å². The van der Waals surface area contributed by atoms with E-state index in [1.807, 2.05) is 33.2 Å². The fraction of sp³-hybridized carbons (Fsp3) is 0.467. The molecule has 108 valence electrons. The monoisotopic (exact) mass is 291 g/mol. The Morgan fingerprint density at radius 1 is 1.25 bits per heavy atom. The predicted octanol–water partition coefficient (Wildman–Crippen LogP) is 2.33. The van der Waals surface area contributed by atoms with Gasteiger partial charge in [0, 0.05) is 18.1 Å².